The second-order valence-corrected chi connectivity index (χ2v) is 5.98. The van der Waals surface area contributed by atoms with Gasteiger partial charge in [0, 0.05) is 19.0 Å². The lowest BCUT2D eigenvalue weighted by atomic mass is 10.1. The largest absolute Gasteiger partial charge is 0.314 e. The lowest BCUT2D eigenvalue weighted by Crippen LogP contribution is -2.24. The van der Waals surface area contributed by atoms with Gasteiger partial charge in [0.25, 0.3) is 0 Å². The number of halogens is 2. The van der Waals surface area contributed by atoms with Gasteiger partial charge in [0.05, 0.1) is 5.56 Å². The third-order valence-electron chi connectivity index (χ3n) is 2.86. The second-order valence-electron chi connectivity index (χ2n) is 4.91. The summed E-state index contributed by atoms with van der Waals surface area (Å²) in [7, 11) is 0. The first-order chi connectivity index (χ1) is 9.49. The van der Waals surface area contributed by atoms with Gasteiger partial charge >= 0.3 is 0 Å². The lowest BCUT2D eigenvalue weighted by molar-refractivity contribution is 0.583. The molecule has 0 aliphatic rings. The fourth-order valence-electron chi connectivity index (χ4n) is 1.78. The van der Waals surface area contributed by atoms with E-state index in [4.69, 9.17) is 0 Å². The van der Waals surface area contributed by atoms with Crippen LogP contribution in [0.25, 0.3) is 10.6 Å². The molecule has 2 rings (SSSR count). The highest BCUT2D eigenvalue weighted by atomic mass is 32.1. The molecule has 0 spiro atoms. The van der Waals surface area contributed by atoms with E-state index in [0.29, 0.717) is 23.0 Å². The molecular formula is C14H17F2N3S. The van der Waals surface area contributed by atoms with Gasteiger partial charge in [0.2, 0.25) is 0 Å². The zero-order valence-corrected chi connectivity index (χ0v) is 12.5. The number of benzene rings is 1. The molecule has 2 aromatic rings. The molecule has 0 atom stereocenters. The molecule has 0 saturated heterocycles. The topological polar surface area (TPSA) is 37.8 Å². The smallest absolute Gasteiger partial charge is 0.153 e. The van der Waals surface area contributed by atoms with Crippen LogP contribution in [-0.2, 0) is 6.42 Å². The highest BCUT2D eigenvalue weighted by molar-refractivity contribution is 7.14. The maximum atomic E-state index is 14.0. The van der Waals surface area contributed by atoms with Crippen molar-refractivity contribution in [1.82, 2.24) is 15.5 Å². The molecule has 0 saturated carbocycles. The van der Waals surface area contributed by atoms with E-state index in [-0.39, 0.29) is 5.56 Å². The van der Waals surface area contributed by atoms with Crippen LogP contribution in [0.3, 0.4) is 0 Å². The second kappa shape index (κ2) is 6.37. The summed E-state index contributed by atoms with van der Waals surface area (Å²) >= 11 is 1.23. The number of hydrogen-bond acceptors (Lipinski definition) is 4. The minimum Gasteiger partial charge on any atom is -0.314 e. The summed E-state index contributed by atoms with van der Waals surface area (Å²) in [6, 6.07) is 3.08. The Kier molecular flexibility index (Phi) is 4.77. The third-order valence-corrected chi connectivity index (χ3v) is 3.86. The molecule has 1 aromatic heterocycles. The van der Waals surface area contributed by atoms with Crippen molar-refractivity contribution in [2.24, 2.45) is 0 Å². The zero-order valence-electron chi connectivity index (χ0n) is 11.7. The van der Waals surface area contributed by atoms with E-state index in [2.05, 4.69) is 29.4 Å². The molecule has 1 N–H and O–H groups in total. The fraction of sp³-hybridized carbons (Fsp3) is 0.429. The van der Waals surface area contributed by atoms with Gasteiger partial charge in [-0.15, -0.1) is 10.2 Å². The molecule has 3 nitrogen and oxygen atoms in total. The van der Waals surface area contributed by atoms with Crippen molar-refractivity contribution in [2.75, 3.05) is 6.54 Å². The van der Waals surface area contributed by atoms with Crippen LogP contribution in [0.1, 0.15) is 24.4 Å². The first-order valence-electron chi connectivity index (χ1n) is 6.49. The maximum Gasteiger partial charge on any atom is 0.153 e. The quantitative estimate of drug-likeness (QED) is 0.920. The summed E-state index contributed by atoms with van der Waals surface area (Å²) in [5.41, 5.74) is 0.324. The Morgan fingerprint density at radius 2 is 2.00 bits per heavy atom. The van der Waals surface area contributed by atoms with E-state index in [0.717, 1.165) is 11.6 Å². The molecule has 0 radical (unpaired) electrons. The van der Waals surface area contributed by atoms with Crippen LogP contribution in [0.15, 0.2) is 12.1 Å². The first kappa shape index (κ1) is 15.0. The Hall–Kier alpha value is -1.40. The normalized spacial score (nSPS) is 11.3. The van der Waals surface area contributed by atoms with Crippen molar-refractivity contribution in [3.05, 3.63) is 34.3 Å². The van der Waals surface area contributed by atoms with Crippen LogP contribution in [0.5, 0.6) is 0 Å². The number of nitrogens with zero attached hydrogens (tertiary/aromatic N) is 2. The zero-order chi connectivity index (χ0) is 14.7. The molecule has 0 aliphatic heterocycles. The van der Waals surface area contributed by atoms with Crippen LogP contribution in [0, 0.1) is 18.6 Å². The van der Waals surface area contributed by atoms with Gasteiger partial charge in [-0.05, 0) is 18.6 Å². The van der Waals surface area contributed by atoms with Crippen LogP contribution >= 0.6 is 11.3 Å². The van der Waals surface area contributed by atoms with Crippen molar-refractivity contribution < 1.29 is 8.78 Å². The highest BCUT2D eigenvalue weighted by Gasteiger charge is 2.17. The number of rotatable bonds is 5. The molecule has 6 heteroatoms. The van der Waals surface area contributed by atoms with Crippen LogP contribution < -0.4 is 5.32 Å². The summed E-state index contributed by atoms with van der Waals surface area (Å²) in [6.45, 7) is 6.49. The van der Waals surface area contributed by atoms with E-state index in [1.807, 2.05) is 0 Å². The molecule has 108 valence electrons. The predicted molar refractivity (Wildman–Crippen MR) is 76.8 cm³/mol. The van der Waals surface area contributed by atoms with Gasteiger partial charge in [-0.3, -0.25) is 0 Å². The van der Waals surface area contributed by atoms with Crippen molar-refractivity contribution in [3.63, 3.8) is 0 Å². The van der Waals surface area contributed by atoms with Crippen LogP contribution in [0.2, 0.25) is 0 Å². The van der Waals surface area contributed by atoms with E-state index >= 15 is 0 Å². The van der Waals surface area contributed by atoms with E-state index in [1.165, 1.54) is 23.5 Å². The minimum absolute atomic E-state index is 0.0782. The molecule has 0 bridgehead atoms. The van der Waals surface area contributed by atoms with E-state index < -0.39 is 11.6 Å². The Bertz CT molecular complexity index is 596. The van der Waals surface area contributed by atoms with Crippen LogP contribution in [-0.4, -0.2) is 22.8 Å². The Balaban J connectivity index is 2.19. The number of nitrogens with one attached hydrogen (secondary N) is 1. The molecule has 0 amide bonds. The Morgan fingerprint density at radius 3 is 2.70 bits per heavy atom. The summed E-state index contributed by atoms with van der Waals surface area (Å²) in [5.74, 6) is -1.16. The fourth-order valence-corrected chi connectivity index (χ4v) is 2.66. The van der Waals surface area contributed by atoms with E-state index in [1.54, 1.807) is 6.92 Å². The third kappa shape index (κ3) is 3.37. The summed E-state index contributed by atoms with van der Waals surface area (Å²) in [6.07, 6.45) is 0.699. The van der Waals surface area contributed by atoms with Crippen molar-refractivity contribution >= 4 is 11.3 Å². The average Bonchev–Trinajstić information content (AvgIpc) is 2.83. The van der Waals surface area contributed by atoms with Crippen molar-refractivity contribution in [3.8, 4) is 10.6 Å². The Morgan fingerprint density at radius 1 is 1.25 bits per heavy atom. The van der Waals surface area contributed by atoms with Gasteiger partial charge < -0.3 is 5.32 Å². The van der Waals surface area contributed by atoms with E-state index in [9.17, 15) is 8.78 Å². The number of hydrogen-bond donors (Lipinski definition) is 1. The molecular weight excluding hydrogens is 280 g/mol. The van der Waals surface area contributed by atoms with Crippen molar-refractivity contribution in [1.29, 1.82) is 0 Å². The van der Waals surface area contributed by atoms with Gasteiger partial charge in [0.15, 0.2) is 5.01 Å². The minimum atomic E-state index is -0.601. The predicted octanol–water partition coefficient (Wildman–Crippen LogP) is 3.33. The molecule has 0 unspecified atom stereocenters. The summed E-state index contributed by atoms with van der Waals surface area (Å²) in [4.78, 5) is 0. The number of aryl methyl sites for hydroxylation is 1. The molecule has 1 heterocycles. The first-order valence-corrected chi connectivity index (χ1v) is 7.31. The van der Waals surface area contributed by atoms with Crippen LogP contribution in [0.4, 0.5) is 8.78 Å². The standard InChI is InChI=1S/C14H17F2N3S/c1-8(2)17-7-6-11-18-19-14(20-11)12-10(15)5-4-9(3)13(12)16/h4-5,8,17H,6-7H2,1-3H3. The van der Waals surface area contributed by atoms with Gasteiger partial charge in [0.1, 0.15) is 16.6 Å². The maximum absolute atomic E-state index is 14.0. The van der Waals surface area contributed by atoms with Gasteiger partial charge in [-0.25, -0.2) is 8.78 Å². The number of aromatic nitrogens is 2. The molecule has 0 aliphatic carbocycles. The molecule has 0 fully saturated rings. The summed E-state index contributed by atoms with van der Waals surface area (Å²) < 4.78 is 27.8. The summed E-state index contributed by atoms with van der Waals surface area (Å²) in [5, 5.41) is 12.2. The SMILES string of the molecule is Cc1ccc(F)c(-c2nnc(CCNC(C)C)s2)c1F. The highest BCUT2D eigenvalue weighted by Crippen LogP contribution is 2.30. The average molecular weight is 297 g/mol. The van der Waals surface area contributed by atoms with Gasteiger partial charge in [-0.2, -0.15) is 0 Å². The van der Waals surface area contributed by atoms with Gasteiger partial charge in [-0.1, -0.05) is 31.3 Å². The Labute approximate surface area is 121 Å². The molecule has 1 aromatic carbocycles. The lowest BCUT2D eigenvalue weighted by Gasteiger charge is -2.05. The monoisotopic (exact) mass is 297 g/mol. The van der Waals surface area contributed by atoms with Crippen molar-refractivity contribution in [2.45, 2.75) is 33.2 Å². The molecule has 20 heavy (non-hydrogen) atoms.